The van der Waals surface area contributed by atoms with Crippen LogP contribution in [0.1, 0.15) is 5.56 Å². The molecule has 3 nitrogen and oxygen atoms in total. The molecule has 0 saturated carbocycles. The predicted octanol–water partition coefficient (Wildman–Crippen LogP) is 3.52. The SMILES string of the molecule is O=[N+]([O-])c1c(C(F)(F)F)ccc(Br)c1F. The summed E-state index contributed by atoms with van der Waals surface area (Å²) in [6.07, 6.45) is -4.95. The maximum atomic E-state index is 13.1. The Balaban J connectivity index is 3.55. The summed E-state index contributed by atoms with van der Waals surface area (Å²) in [4.78, 5) is 8.89. The normalized spacial score (nSPS) is 11.5. The Morgan fingerprint density at radius 1 is 1.33 bits per heavy atom. The minimum Gasteiger partial charge on any atom is -0.258 e. The van der Waals surface area contributed by atoms with E-state index < -0.39 is 28.2 Å². The molecule has 0 radical (unpaired) electrons. The molecule has 82 valence electrons. The molecule has 0 atom stereocenters. The number of benzene rings is 1. The van der Waals surface area contributed by atoms with Crippen molar-refractivity contribution < 1.29 is 22.5 Å². The van der Waals surface area contributed by atoms with E-state index in [1.54, 1.807) is 0 Å². The first-order valence-corrected chi connectivity index (χ1v) is 4.24. The van der Waals surface area contributed by atoms with E-state index >= 15 is 0 Å². The standard InChI is InChI=1S/C7H2BrF4NO2/c8-4-2-1-3(7(10,11)12)6(5(4)9)13(14)15/h1-2H. The Hall–Kier alpha value is -1.18. The van der Waals surface area contributed by atoms with E-state index in [1.165, 1.54) is 0 Å². The van der Waals surface area contributed by atoms with Crippen LogP contribution >= 0.6 is 15.9 Å². The number of halogens is 5. The smallest absolute Gasteiger partial charge is 0.258 e. The van der Waals surface area contributed by atoms with Gasteiger partial charge in [0.25, 0.3) is 0 Å². The number of alkyl halides is 3. The van der Waals surface area contributed by atoms with Crippen molar-refractivity contribution in [1.82, 2.24) is 0 Å². The zero-order chi connectivity index (χ0) is 11.8. The Morgan fingerprint density at radius 2 is 1.87 bits per heavy atom. The second-order valence-electron chi connectivity index (χ2n) is 2.51. The van der Waals surface area contributed by atoms with Gasteiger partial charge in [-0.3, -0.25) is 10.1 Å². The summed E-state index contributed by atoms with van der Waals surface area (Å²) in [5.74, 6) is -1.53. The van der Waals surface area contributed by atoms with E-state index in [-0.39, 0.29) is 4.47 Å². The molecule has 1 rings (SSSR count). The second-order valence-corrected chi connectivity index (χ2v) is 3.37. The average molecular weight is 288 g/mol. The summed E-state index contributed by atoms with van der Waals surface area (Å²) in [5.41, 5.74) is -3.18. The first kappa shape index (κ1) is 11.9. The molecule has 1 aromatic carbocycles. The highest BCUT2D eigenvalue weighted by Crippen LogP contribution is 2.39. The molecule has 0 aliphatic heterocycles. The Kier molecular flexibility index (Phi) is 2.98. The van der Waals surface area contributed by atoms with Gasteiger partial charge in [-0.15, -0.1) is 0 Å². The van der Waals surface area contributed by atoms with Crippen molar-refractivity contribution in [1.29, 1.82) is 0 Å². The number of nitro groups is 1. The van der Waals surface area contributed by atoms with Gasteiger partial charge in [-0.2, -0.15) is 17.6 Å². The lowest BCUT2D eigenvalue weighted by molar-refractivity contribution is -0.390. The Bertz CT molecular complexity index is 418. The lowest BCUT2D eigenvalue weighted by atomic mass is 10.1. The highest BCUT2D eigenvalue weighted by Gasteiger charge is 2.40. The van der Waals surface area contributed by atoms with Gasteiger partial charge in [0.05, 0.1) is 9.40 Å². The van der Waals surface area contributed by atoms with Gasteiger partial charge in [0.1, 0.15) is 5.56 Å². The third-order valence-corrected chi connectivity index (χ3v) is 2.17. The van der Waals surface area contributed by atoms with Crippen LogP contribution in [0.3, 0.4) is 0 Å². The van der Waals surface area contributed by atoms with Gasteiger partial charge < -0.3 is 0 Å². The van der Waals surface area contributed by atoms with Gasteiger partial charge in [0, 0.05) is 0 Å². The molecular formula is C7H2BrF4NO2. The van der Waals surface area contributed by atoms with Crippen molar-refractivity contribution in [2.45, 2.75) is 6.18 Å². The van der Waals surface area contributed by atoms with Crippen LogP contribution in [0.2, 0.25) is 0 Å². The molecule has 0 aliphatic rings. The molecule has 0 unspecified atom stereocenters. The van der Waals surface area contributed by atoms with Gasteiger partial charge in [-0.05, 0) is 28.1 Å². The molecule has 0 aliphatic carbocycles. The van der Waals surface area contributed by atoms with Crippen molar-refractivity contribution in [2.75, 3.05) is 0 Å². The van der Waals surface area contributed by atoms with Crippen LogP contribution in [0.15, 0.2) is 16.6 Å². The molecule has 0 N–H and O–H groups in total. The average Bonchev–Trinajstić information content (AvgIpc) is 2.06. The quantitative estimate of drug-likeness (QED) is 0.451. The molecule has 0 bridgehead atoms. The molecule has 0 heterocycles. The zero-order valence-corrected chi connectivity index (χ0v) is 8.39. The van der Waals surface area contributed by atoms with Gasteiger partial charge in [0.2, 0.25) is 5.82 Å². The van der Waals surface area contributed by atoms with E-state index in [0.29, 0.717) is 6.07 Å². The van der Waals surface area contributed by atoms with E-state index in [9.17, 15) is 27.7 Å². The van der Waals surface area contributed by atoms with Crippen molar-refractivity contribution in [3.63, 3.8) is 0 Å². The molecule has 1 aromatic rings. The van der Waals surface area contributed by atoms with Gasteiger partial charge >= 0.3 is 11.9 Å². The first-order chi connectivity index (χ1) is 6.75. The maximum absolute atomic E-state index is 13.1. The minimum atomic E-state index is -4.95. The Morgan fingerprint density at radius 3 is 2.27 bits per heavy atom. The maximum Gasteiger partial charge on any atom is 0.423 e. The lowest BCUT2D eigenvalue weighted by Gasteiger charge is -2.07. The summed E-state index contributed by atoms with van der Waals surface area (Å²) in [5, 5.41) is 10.3. The molecule has 0 fully saturated rings. The zero-order valence-electron chi connectivity index (χ0n) is 6.81. The van der Waals surface area contributed by atoms with E-state index in [0.717, 1.165) is 6.07 Å². The molecular weight excluding hydrogens is 286 g/mol. The van der Waals surface area contributed by atoms with Gasteiger partial charge in [-0.25, -0.2) is 0 Å². The van der Waals surface area contributed by atoms with E-state index in [4.69, 9.17) is 0 Å². The summed E-state index contributed by atoms with van der Waals surface area (Å²) in [7, 11) is 0. The van der Waals surface area contributed by atoms with Crippen molar-refractivity contribution >= 4 is 21.6 Å². The van der Waals surface area contributed by atoms with Crippen LogP contribution in [-0.4, -0.2) is 4.92 Å². The lowest BCUT2D eigenvalue weighted by Crippen LogP contribution is -2.10. The van der Waals surface area contributed by atoms with Crippen LogP contribution in [-0.2, 0) is 6.18 Å². The first-order valence-electron chi connectivity index (χ1n) is 3.44. The van der Waals surface area contributed by atoms with Gasteiger partial charge in [0.15, 0.2) is 0 Å². The van der Waals surface area contributed by atoms with E-state index in [2.05, 4.69) is 15.9 Å². The molecule has 0 spiro atoms. The van der Waals surface area contributed by atoms with Crippen LogP contribution in [0.4, 0.5) is 23.2 Å². The fraction of sp³-hybridized carbons (Fsp3) is 0.143. The van der Waals surface area contributed by atoms with Gasteiger partial charge in [-0.1, -0.05) is 0 Å². The third-order valence-electron chi connectivity index (χ3n) is 1.56. The van der Waals surface area contributed by atoms with Crippen molar-refractivity contribution in [2.24, 2.45) is 0 Å². The fourth-order valence-corrected chi connectivity index (χ4v) is 1.27. The number of nitrogens with zero attached hydrogens (tertiary/aromatic N) is 1. The molecule has 8 heteroatoms. The minimum absolute atomic E-state index is 0.387. The van der Waals surface area contributed by atoms with Crippen molar-refractivity contribution in [3.8, 4) is 0 Å². The largest absolute Gasteiger partial charge is 0.423 e. The number of nitro benzene ring substituents is 1. The number of rotatable bonds is 1. The monoisotopic (exact) mass is 287 g/mol. The van der Waals surface area contributed by atoms with Crippen LogP contribution < -0.4 is 0 Å². The third kappa shape index (κ3) is 2.25. The number of hydrogen-bond acceptors (Lipinski definition) is 2. The fourth-order valence-electron chi connectivity index (χ4n) is 0.947. The summed E-state index contributed by atoms with van der Waals surface area (Å²) < 4.78 is 49.4. The summed E-state index contributed by atoms with van der Waals surface area (Å²) in [6.45, 7) is 0. The summed E-state index contributed by atoms with van der Waals surface area (Å²) in [6, 6.07) is 1.22. The molecule has 0 aromatic heterocycles. The topological polar surface area (TPSA) is 43.1 Å². The molecule has 15 heavy (non-hydrogen) atoms. The highest BCUT2D eigenvalue weighted by molar-refractivity contribution is 9.10. The molecule has 0 amide bonds. The van der Waals surface area contributed by atoms with Crippen LogP contribution in [0.5, 0.6) is 0 Å². The second kappa shape index (κ2) is 3.76. The van der Waals surface area contributed by atoms with Crippen LogP contribution in [0.25, 0.3) is 0 Å². The highest BCUT2D eigenvalue weighted by atomic mass is 79.9. The summed E-state index contributed by atoms with van der Waals surface area (Å²) >= 11 is 2.57. The Labute approximate surface area is 89.0 Å². The van der Waals surface area contributed by atoms with Crippen LogP contribution in [0, 0.1) is 15.9 Å². The predicted molar refractivity (Wildman–Crippen MR) is 45.8 cm³/mol. The van der Waals surface area contributed by atoms with Crippen molar-refractivity contribution in [3.05, 3.63) is 38.1 Å². The molecule has 0 saturated heterocycles. The van der Waals surface area contributed by atoms with E-state index in [1.807, 2.05) is 0 Å². The number of hydrogen-bond donors (Lipinski definition) is 0.